The van der Waals surface area contributed by atoms with Crippen molar-refractivity contribution in [3.05, 3.63) is 130 Å². The summed E-state index contributed by atoms with van der Waals surface area (Å²) in [5.41, 5.74) is 10.4. The third kappa shape index (κ3) is 3.94. The van der Waals surface area contributed by atoms with E-state index in [1.165, 1.54) is 27.8 Å². The number of aryl methyl sites for hydroxylation is 1. The third-order valence-corrected chi connectivity index (χ3v) is 6.78. The number of para-hydroxylation sites is 1. The van der Waals surface area contributed by atoms with Crippen LogP contribution in [0.2, 0.25) is 0 Å². The highest BCUT2D eigenvalue weighted by atomic mass is 16.5. The van der Waals surface area contributed by atoms with Crippen molar-refractivity contribution in [3.63, 3.8) is 0 Å². The molecular formula is C32H26N2O. The number of ether oxygens (including phenoxy) is 1. The maximum Gasteiger partial charge on any atom is 0.119 e. The fourth-order valence-electron chi connectivity index (χ4n) is 4.92. The number of hydrogen-bond donors (Lipinski definition) is 2. The number of aromatic amines is 1. The van der Waals surface area contributed by atoms with E-state index in [0.29, 0.717) is 0 Å². The number of fused-ring (bicyclic) bond motifs is 4. The quantitative estimate of drug-likeness (QED) is 0.282. The molecule has 35 heavy (non-hydrogen) atoms. The van der Waals surface area contributed by atoms with Gasteiger partial charge in [-0.25, -0.2) is 0 Å². The Hall–Kier alpha value is -4.42. The Labute approximate surface area is 205 Å². The number of aromatic nitrogens is 1. The van der Waals surface area contributed by atoms with Crippen LogP contribution in [0.5, 0.6) is 5.75 Å². The largest absolute Gasteiger partial charge is 0.497 e. The number of benzene rings is 4. The molecule has 6 rings (SSSR count). The lowest BCUT2D eigenvalue weighted by atomic mass is 9.94. The molecule has 1 atom stereocenters. The first-order valence-electron chi connectivity index (χ1n) is 11.9. The highest BCUT2D eigenvalue weighted by Crippen LogP contribution is 2.40. The van der Waals surface area contributed by atoms with E-state index >= 15 is 0 Å². The lowest BCUT2D eigenvalue weighted by Crippen LogP contribution is -2.14. The standard InChI is InChI=1S/C32H26N2O/c1-21-11-13-22(14-12-21)15-16-23-7-3-5-9-26(23)31-32-28(19-24-8-4-6-10-29(24)33-31)27-20-25(35-2)17-18-30(27)34-32/h3-14,17-18,20,31,33-34H,19H2,1-2H3. The Morgan fingerprint density at radius 3 is 2.51 bits per heavy atom. The number of nitrogens with one attached hydrogen (secondary N) is 2. The van der Waals surface area contributed by atoms with E-state index in [1.54, 1.807) is 7.11 Å². The molecule has 0 bridgehead atoms. The molecule has 170 valence electrons. The highest BCUT2D eigenvalue weighted by molar-refractivity contribution is 5.88. The summed E-state index contributed by atoms with van der Waals surface area (Å²) in [5.74, 6) is 7.68. The molecular weight excluding hydrogens is 428 g/mol. The molecule has 1 aliphatic rings. The van der Waals surface area contributed by atoms with Crippen LogP contribution < -0.4 is 10.1 Å². The molecule has 0 aliphatic carbocycles. The SMILES string of the molecule is COc1ccc2[nH]c3c(c2c1)Cc1ccccc1NC3c1ccccc1C#Cc1ccc(C)cc1. The van der Waals surface area contributed by atoms with Crippen molar-refractivity contribution in [2.45, 2.75) is 19.4 Å². The summed E-state index contributed by atoms with van der Waals surface area (Å²) in [7, 11) is 1.72. The zero-order valence-corrected chi connectivity index (χ0v) is 19.9. The van der Waals surface area contributed by atoms with Crippen LogP contribution in [0.25, 0.3) is 10.9 Å². The Morgan fingerprint density at radius 1 is 0.857 bits per heavy atom. The van der Waals surface area contributed by atoms with Gasteiger partial charge in [-0.2, -0.15) is 0 Å². The van der Waals surface area contributed by atoms with Crippen molar-refractivity contribution >= 4 is 16.6 Å². The summed E-state index contributed by atoms with van der Waals surface area (Å²) in [6, 6.07) is 31.6. The molecule has 0 fully saturated rings. The number of hydrogen-bond acceptors (Lipinski definition) is 2. The van der Waals surface area contributed by atoms with E-state index < -0.39 is 0 Å². The number of anilines is 1. The topological polar surface area (TPSA) is 37.0 Å². The Kier molecular flexibility index (Phi) is 5.28. The average Bonchev–Trinajstić information content (AvgIpc) is 3.16. The van der Waals surface area contributed by atoms with Gasteiger partial charge in [0, 0.05) is 39.8 Å². The smallest absolute Gasteiger partial charge is 0.119 e. The van der Waals surface area contributed by atoms with Gasteiger partial charge >= 0.3 is 0 Å². The summed E-state index contributed by atoms with van der Waals surface area (Å²) >= 11 is 0. The minimum Gasteiger partial charge on any atom is -0.497 e. The monoisotopic (exact) mass is 454 g/mol. The van der Waals surface area contributed by atoms with E-state index in [0.717, 1.165) is 40.1 Å². The van der Waals surface area contributed by atoms with Gasteiger partial charge in [0.1, 0.15) is 5.75 Å². The van der Waals surface area contributed by atoms with Crippen molar-refractivity contribution in [2.75, 3.05) is 12.4 Å². The second-order valence-corrected chi connectivity index (χ2v) is 9.04. The van der Waals surface area contributed by atoms with Crippen LogP contribution in [0.15, 0.2) is 91.0 Å². The van der Waals surface area contributed by atoms with Crippen LogP contribution in [0.4, 0.5) is 5.69 Å². The second kappa shape index (κ2) is 8.74. The number of methoxy groups -OCH3 is 1. The molecule has 0 spiro atoms. The van der Waals surface area contributed by atoms with Crippen molar-refractivity contribution < 1.29 is 4.74 Å². The first kappa shape index (κ1) is 21.1. The van der Waals surface area contributed by atoms with Crippen molar-refractivity contribution in [1.29, 1.82) is 0 Å². The summed E-state index contributed by atoms with van der Waals surface area (Å²) in [4.78, 5) is 3.73. The first-order valence-corrected chi connectivity index (χ1v) is 11.9. The molecule has 3 heteroatoms. The average molecular weight is 455 g/mol. The normalized spacial score (nSPS) is 14.2. The summed E-state index contributed by atoms with van der Waals surface area (Å²) in [6.45, 7) is 2.09. The van der Waals surface area contributed by atoms with Gasteiger partial charge in [-0.05, 0) is 66.1 Å². The van der Waals surface area contributed by atoms with Crippen molar-refractivity contribution in [1.82, 2.24) is 4.98 Å². The van der Waals surface area contributed by atoms with Gasteiger partial charge < -0.3 is 15.0 Å². The van der Waals surface area contributed by atoms with Crippen molar-refractivity contribution in [2.24, 2.45) is 0 Å². The number of rotatable bonds is 2. The minimum absolute atomic E-state index is 0.0597. The van der Waals surface area contributed by atoms with E-state index in [-0.39, 0.29) is 6.04 Å². The Bertz CT molecular complexity index is 1600. The fraction of sp³-hybridized carbons (Fsp3) is 0.125. The molecule has 2 N–H and O–H groups in total. The lowest BCUT2D eigenvalue weighted by molar-refractivity contribution is 0.415. The van der Waals surface area contributed by atoms with Crippen LogP contribution in [0, 0.1) is 18.8 Å². The van der Waals surface area contributed by atoms with Gasteiger partial charge in [-0.3, -0.25) is 0 Å². The van der Waals surface area contributed by atoms with Crippen LogP contribution in [0.1, 0.15) is 45.1 Å². The summed E-state index contributed by atoms with van der Waals surface area (Å²) in [6.07, 6.45) is 0.847. The second-order valence-electron chi connectivity index (χ2n) is 9.04. The molecule has 0 radical (unpaired) electrons. The Morgan fingerprint density at radius 2 is 1.66 bits per heavy atom. The maximum absolute atomic E-state index is 5.55. The lowest BCUT2D eigenvalue weighted by Gasteiger charge is -2.21. The van der Waals surface area contributed by atoms with E-state index in [4.69, 9.17) is 4.74 Å². The number of H-pyrrole nitrogens is 1. The molecule has 3 nitrogen and oxygen atoms in total. The molecule has 0 saturated carbocycles. The molecule has 4 aromatic carbocycles. The minimum atomic E-state index is -0.0597. The highest BCUT2D eigenvalue weighted by Gasteiger charge is 2.27. The molecule has 1 unspecified atom stereocenters. The van der Waals surface area contributed by atoms with Gasteiger partial charge in [0.25, 0.3) is 0 Å². The zero-order valence-electron chi connectivity index (χ0n) is 19.9. The molecule has 1 aliphatic heterocycles. The van der Waals surface area contributed by atoms with Gasteiger partial charge in [0.2, 0.25) is 0 Å². The maximum atomic E-state index is 5.55. The van der Waals surface area contributed by atoms with E-state index in [1.807, 2.05) is 6.07 Å². The Balaban J connectivity index is 1.53. The van der Waals surface area contributed by atoms with E-state index in [2.05, 4.69) is 114 Å². The van der Waals surface area contributed by atoms with Gasteiger partial charge in [0.15, 0.2) is 0 Å². The molecule has 0 saturated heterocycles. The third-order valence-electron chi connectivity index (χ3n) is 6.78. The molecule has 1 aromatic heterocycles. The van der Waals surface area contributed by atoms with Gasteiger partial charge in [-0.15, -0.1) is 0 Å². The van der Waals surface area contributed by atoms with Crippen LogP contribution in [-0.2, 0) is 6.42 Å². The molecule has 0 amide bonds. The van der Waals surface area contributed by atoms with Gasteiger partial charge in [-0.1, -0.05) is 65.9 Å². The van der Waals surface area contributed by atoms with Crippen LogP contribution in [-0.4, -0.2) is 12.1 Å². The van der Waals surface area contributed by atoms with Crippen LogP contribution >= 0.6 is 0 Å². The predicted octanol–water partition coefficient (Wildman–Crippen LogP) is 6.99. The first-order chi connectivity index (χ1) is 17.2. The summed E-state index contributed by atoms with van der Waals surface area (Å²) in [5, 5.41) is 5.04. The predicted molar refractivity (Wildman–Crippen MR) is 143 cm³/mol. The van der Waals surface area contributed by atoms with Crippen LogP contribution in [0.3, 0.4) is 0 Å². The van der Waals surface area contributed by atoms with Gasteiger partial charge in [0.05, 0.1) is 13.2 Å². The summed E-state index contributed by atoms with van der Waals surface area (Å²) < 4.78 is 5.55. The van der Waals surface area contributed by atoms with E-state index in [9.17, 15) is 0 Å². The molecule has 2 heterocycles. The fourth-order valence-corrected chi connectivity index (χ4v) is 4.92. The van der Waals surface area contributed by atoms with Crippen molar-refractivity contribution in [3.8, 4) is 17.6 Å². The zero-order chi connectivity index (χ0) is 23.8. The molecule has 5 aromatic rings.